The molecular weight excluding hydrogens is 372 g/mol. The molecule has 0 aliphatic heterocycles. The molecule has 0 saturated carbocycles. The Bertz CT molecular complexity index is 847. The van der Waals surface area contributed by atoms with Gasteiger partial charge >= 0.3 is 5.97 Å². The van der Waals surface area contributed by atoms with Crippen molar-refractivity contribution in [1.82, 2.24) is 4.98 Å². The van der Waals surface area contributed by atoms with Crippen molar-refractivity contribution in [2.75, 3.05) is 13.2 Å². The first-order chi connectivity index (χ1) is 14.0. The zero-order chi connectivity index (χ0) is 21.1. The average molecular weight is 398 g/mol. The van der Waals surface area contributed by atoms with Crippen LogP contribution in [0, 0.1) is 10.1 Å². The van der Waals surface area contributed by atoms with Crippen molar-refractivity contribution in [3.05, 3.63) is 63.5 Å². The van der Waals surface area contributed by atoms with Crippen molar-refractivity contribution in [2.45, 2.75) is 39.5 Å². The van der Waals surface area contributed by atoms with Crippen LogP contribution < -0.4 is 4.74 Å². The largest absolute Gasteiger partial charge is 0.494 e. The van der Waals surface area contributed by atoms with Crippen molar-refractivity contribution in [1.29, 1.82) is 0 Å². The van der Waals surface area contributed by atoms with E-state index in [2.05, 4.69) is 11.9 Å². The molecule has 0 N–H and O–H groups in total. The zero-order valence-electron chi connectivity index (χ0n) is 16.8. The van der Waals surface area contributed by atoms with Gasteiger partial charge in [-0.15, -0.1) is 0 Å². The van der Waals surface area contributed by atoms with Gasteiger partial charge < -0.3 is 9.47 Å². The molecule has 0 aliphatic rings. The highest BCUT2D eigenvalue weighted by Crippen LogP contribution is 2.20. The van der Waals surface area contributed by atoms with Crippen LogP contribution in [0.2, 0.25) is 0 Å². The maximum Gasteiger partial charge on any atom is 0.340 e. The standard InChI is InChI=1S/C22H26N2O5/c1-3-5-6-7-14-29-19-11-8-17(9-12-19)10-13-21-20(22(25)28-4-2)15-18(16-23-21)24(26)27/h8-13,15-16H,3-7,14H2,1-2H3/b13-10+. The molecule has 0 spiro atoms. The number of nitrogens with zero attached hydrogens (tertiary/aromatic N) is 2. The molecule has 1 aromatic carbocycles. The number of esters is 1. The van der Waals surface area contributed by atoms with Crippen LogP contribution in [-0.4, -0.2) is 29.1 Å². The Morgan fingerprint density at radius 3 is 2.55 bits per heavy atom. The molecule has 0 amide bonds. The minimum atomic E-state index is -0.643. The number of hydrogen-bond donors (Lipinski definition) is 0. The molecule has 0 unspecified atom stereocenters. The number of nitro groups is 1. The van der Waals surface area contributed by atoms with E-state index in [1.807, 2.05) is 24.3 Å². The first kappa shape index (κ1) is 22.1. The predicted octanol–water partition coefficient (Wildman–Crippen LogP) is 5.30. The summed E-state index contributed by atoms with van der Waals surface area (Å²) in [5.74, 6) is 0.162. The number of pyridine rings is 1. The fraction of sp³-hybridized carbons (Fsp3) is 0.364. The Balaban J connectivity index is 2.08. The fourth-order valence-corrected chi connectivity index (χ4v) is 2.64. The van der Waals surface area contributed by atoms with E-state index in [0.29, 0.717) is 12.3 Å². The molecule has 7 heteroatoms. The highest BCUT2D eigenvalue weighted by Gasteiger charge is 2.17. The average Bonchev–Trinajstić information content (AvgIpc) is 2.73. The Labute approximate surface area is 170 Å². The topological polar surface area (TPSA) is 91.6 Å². The quantitative estimate of drug-likeness (QED) is 0.221. The van der Waals surface area contributed by atoms with Gasteiger partial charge in [-0.2, -0.15) is 0 Å². The van der Waals surface area contributed by atoms with Gasteiger partial charge in [0.15, 0.2) is 0 Å². The van der Waals surface area contributed by atoms with Gasteiger partial charge in [0, 0.05) is 6.07 Å². The lowest BCUT2D eigenvalue weighted by Crippen LogP contribution is -2.08. The van der Waals surface area contributed by atoms with Gasteiger partial charge in [-0.3, -0.25) is 10.1 Å². The SMILES string of the molecule is CCCCCCOc1ccc(/C=C/c2ncc([N+](=O)[O-])cc2C(=O)OCC)cc1. The van der Waals surface area contributed by atoms with E-state index in [9.17, 15) is 14.9 Å². The van der Waals surface area contributed by atoms with Gasteiger partial charge in [0.1, 0.15) is 11.9 Å². The molecule has 1 heterocycles. The molecule has 154 valence electrons. The number of unbranched alkanes of at least 4 members (excludes halogenated alkanes) is 3. The van der Waals surface area contributed by atoms with E-state index in [1.54, 1.807) is 19.1 Å². The van der Waals surface area contributed by atoms with Crippen molar-refractivity contribution in [2.24, 2.45) is 0 Å². The van der Waals surface area contributed by atoms with Gasteiger partial charge in [-0.05, 0) is 37.1 Å². The van der Waals surface area contributed by atoms with Crippen molar-refractivity contribution in [3.63, 3.8) is 0 Å². The minimum Gasteiger partial charge on any atom is -0.494 e. The molecule has 2 aromatic rings. The summed E-state index contributed by atoms with van der Waals surface area (Å²) in [7, 11) is 0. The number of hydrogen-bond acceptors (Lipinski definition) is 6. The Hall–Kier alpha value is -3.22. The normalized spacial score (nSPS) is 10.8. The monoisotopic (exact) mass is 398 g/mol. The van der Waals surface area contributed by atoms with E-state index >= 15 is 0 Å². The second-order valence-electron chi connectivity index (χ2n) is 6.42. The lowest BCUT2D eigenvalue weighted by molar-refractivity contribution is -0.385. The van der Waals surface area contributed by atoms with Gasteiger partial charge in [0.25, 0.3) is 5.69 Å². The highest BCUT2D eigenvalue weighted by molar-refractivity contribution is 5.94. The molecule has 7 nitrogen and oxygen atoms in total. The van der Waals surface area contributed by atoms with Gasteiger partial charge in [0.05, 0.1) is 29.4 Å². The molecule has 0 radical (unpaired) electrons. The molecule has 1 aromatic heterocycles. The smallest absolute Gasteiger partial charge is 0.340 e. The number of carbonyl (C=O) groups is 1. The molecule has 0 saturated heterocycles. The first-order valence-corrected chi connectivity index (χ1v) is 9.77. The zero-order valence-corrected chi connectivity index (χ0v) is 16.8. The second-order valence-corrected chi connectivity index (χ2v) is 6.42. The van der Waals surface area contributed by atoms with Crippen LogP contribution in [0.5, 0.6) is 5.75 Å². The summed E-state index contributed by atoms with van der Waals surface area (Å²) in [6.45, 7) is 4.72. The molecule has 0 fully saturated rings. The van der Waals surface area contributed by atoms with Crippen LogP contribution in [0.15, 0.2) is 36.5 Å². The maximum atomic E-state index is 12.1. The molecule has 0 aliphatic carbocycles. The number of ether oxygens (including phenoxy) is 2. The van der Waals surface area contributed by atoms with Gasteiger partial charge in [0.2, 0.25) is 0 Å². The van der Waals surface area contributed by atoms with E-state index in [0.717, 1.165) is 23.9 Å². The lowest BCUT2D eigenvalue weighted by atomic mass is 10.1. The van der Waals surface area contributed by atoms with Crippen LogP contribution in [-0.2, 0) is 4.74 Å². The number of aromatic nitrogens is 1. The van der Waals surface area contributed by atoms with E-state index in [1.165, 1.54) is 25.3 Å². The van der Waals surface area contributed by atoms with E-state index in [-0.39, 0.29) is 17.9 Å². The molecule has 0 bridgehead atoms. The van der Waals surface area contributed by atoms with Crippen molar-refractivity contribution < 1.29 is 19.2 Å². The Kier molecular flexibility index (Phi) is 8.82. The maximum absolute atomic E-state index is 12.1. The van der Waals surface area contributed by atoms with Crippen LogP contribution in [0.4, 0.5) is 5.69 Å². The second kappa shape index (κ2) is 11.6. The third-order valence-electron chi connectivity index (χ3n) is 4.19. The first-order valence-electron chi connectivity index (χ1n) is 9.77. The third-order valence-corrected chi connectivity index (χ3v) is 4.19. The fourth-order valence-electron chi connectivity index (χ4n) is 2.64. The lowest BCUT2D eigenvalue weighted by Gasteiger charge is -2.06. The van der Waals surface area contributed by atoms with Crippen molar-refractivity contribution in [3.8, 4) is 5.75 Å². The third kappa shape index (κ3) is 7.03. The predicted molar refractivity (Wildman–Crippen MR) is 112 cm³/mol. The number of benzene rings is 1. The van der Waals surface area contributed by atoms with Gasteiger partial charge in [-0.1, -0.05) is 44.4 Å². The van der Waals surface area contributed by atoms with Crippen LogP contribution in [0.25, 0.3) is 12.2 Å². The number of carbonyl (C=O) groups excluding carboxylic acids is 1. The van der Waals surface area contributed by atoms with E-state index in [4.69, 9.17) is 9.47 Å². The number of rotatable bonds is 11. The summed E-state index contributed by atoms with van der Waals surface area (Å²) in [6, 6.07) is 8.74. The summed E-state index contributed by atoms with van der Waals surface area (Å²) in [5.41, 5.74) is 0.999. The summed E-state index contributed by atoms with van der Waals surface area (Å²) in [4.78, 5) is 26.5. The highest BCUT2D eigenvalue weighted by atomic mass is 16.6. The Morgan fingerprint density at radius 2 is 1.90 bits per heavy atom. The van der Waals surface area contributed by atoms with Crippen molar-refractivity contribution >= 4 is 23.8 Å². The van der Waals surface area contributed by atoms with Crippen LogP contribution in [0.1, 0.15) is 61.1 Å². The molecule has 0 atom stereocenters. The van der Waals surface area contributed by atoms with Crippen LogP contribution in [0.3, 0.4) is 0 Å². The molecular formula is C22H26N2O5. The molecule has 29 heavy (non-hydrogen) atoms. The van der Waals surface area contributed by atoms with E-state index < -0.39 is 10.9 Å². The Morgan fingerprint density at radius 1 is 1.14 bits per heavy atom. The van der Waals surface area contributed by atoms with Crippen LogP contribution >= 0.6 is 0 Å². The summed E-state index contributed by atoms with van der Waals surface area (Å²) >= 11 is 0. The summed E-state index contributed by atoms with van der Waals surface area (Å²) < 4.78 is 10.7. The minimum absolute atomic E-state index is 0.0596. The summed E-state index contributed by atoms with van der Waals surface area (Å²) in [6.07, 6.45) is 9.16. The molecule has 2 rings (SSSR count). The van der Waals surface area contributed by atoms with Gasteiger partial charge in [-0.25, -0.2) is 9.78 Å². The summed E-state index contributed by atoms with van der Waals surface area (Å²) in [5, 5.41) is 11.0.